The molecule has 1 aromatic heterocycles. The number of nitriles is 1. The Balaban J connectivity index is 1.97. The molecule has 1 heterocycles. The van der Waals surface area contributed by atoms with Gasteiger partial charge >= 0.3 is 0 Å². The second-order valence-electron chi connectivity index (χ2n) is 5.61. The molecule has 0 aliphatic rings. The van der Waals surface area contributed by atoms with E-state index in [-0.39, 0.29) is 17.2 Å². The first-order chi connectivity index (χ1) is 11.4. The van der Waals surface area contributed by atoms with Gasteiger partial charge in [-0.3, -0.25) is 4.79 Å². The summed E-state index contributed by atoms with van der Waals surface area (Å²) in [6, 6.07) is 8.00. The van der Waals surface area contributed by atoms with Crippen LogP contribution in [0.1, 0.15) is 37.9 Å². The quantitative estimate of drug-likeness (QED) is 0.865. The average molecular weight is 346 g/mol. The number of carbonyl (C=O) groups is 1. The number of amides is 1. The van der Waals surface area contributed by atoms with Gasteiger partial charge in [0.15, 0.2) is 0 Å². The Morgan fingerprint density at radius 2 is 2.17 bits per heavy atom. The van der Waals surface area contributed by atoms with Crippen LogP contribution in [0.2, 0.25) is 0 Å². The van der Waals surface area contributed by atoms with Crippen LogP contribution in [0.15, 0.2) is 30.5 Å². The second kappa shape index (κ2) is 7.97. The van der Waals surface area contributed by atoms with E-state index < -0.39 is 5.82 Å². The molecule has 1 atom stereocenters. The Kier molecular flexibility index (Phi) is 5.99. The van der Waals surface area contributed by atoms with Crippen LogP contribution >= 0.6 is 11.8 Å². The van der Waals surface area contributed by atoms with Crippen LogP contribution < -0.4 is 5.32 Å². The molecule has 0 saturated carbocycles. The molecule has 0 spiro atoms. The van der Waals surface area contributed by atoms with Crippen LogP contribution in [0.3, 0.4) is 0 Å². The lowest BCUT2D eigenvalue weighted by atomic mass is 10.1. The maximum atomic E-state index is 13.1. The fraction of sp³-hybridized carbons (Fsp3) is 0.353. The molecule has 2 aromatic rings. The number of nitrogens with zero attached hydrogens (tertiary/aromatic N) is 3. The van der Waals surface area contributed by atoms with Gasteiger partial charge in [-0.05, 0) is 38.5 Å². The summed E-state index contributed by atoms with van der Waals surface area (Å²) in [7, 11) is 0. The van der Waals surface area contributed by atoms with Gasteiger partial charge in [-0.25, -0.2) is 9.07 Å². The van der Waals surface area contributed by atoms with Gasteiger partial charge in [0.2, 0.25) is 5.91 Å². The maximum absolute atomic E-state index is 13.1. The Hall–Kier alpha value is -2.33. The van der Waals surface area contributed by atoms with E-state index in [1.165, 1.54) is 23.9 Å². The number of nitrogens with one attached hydrogen (secondary N) is 1. The SMILES string of the molecule is CC(C)n1nccc1NC(=O)[C@@H](C)SCc1ccc(F)cc1C#N. The van der Waals surface area contributed by atoms with E-state index in [4.69, 9.17) is 5.26 Å². The Morgan fingerprint density at radius 1 is 1.42 bits per heavy atom. The highest BCUT2D eigenvalue weighted by Gasteiger charge is 2.17. The average Bonchev–Trinajstić information content (AvgIpc) is 3.01. The zero-order valence-corrected chi connectivity index (χ0v) is 14.6. The van der Waals surface area contributed by atoms with E-state index in [0.717, 1.165) is 5.56 Å². The van der Waals surface area contributed by atoms with Crippen molar-refractivity contribution >= 4 is 23.5 Å². The second-order valence-corrected chi connectivity index (χ2v) is 6.94. The Bertz CT molecular complexity index is 766. The molecule has 0 bridgehead atoms. The summed E-state index contributed by atoms with van der Waals surface area (Å²) in [5.74, 6) is 0.541. The van der Waals surface area contributed by atoms with Crippen molar-refractivity contribution in [3.8, 4) is 6.07 Å². The minimum atomic E-state index is -0.437. The van der Waals surface area contributed by atoms with E-state index in [9.17, 15) is 9.18 Å². The lowest BCUT2D eigenvalue weighted by Gasteiger charge is -2.15. The van der Waals surface area contributed by atoms with Gasteiger partial charge in [0.05, 0.1) is 23.1 Å². The predicted octanol–water partition coefficient (Wildman–Crippen LogP) is 3.74. The third-order valence-electron chi connectivity index (χ3n) is 3.46. The molecule has 7 heteroatoms. The normalized spacial score (nSPS) is 12.0. The molecule has 1 aromatic carbocycles. The zero-order chi connectivity index (χ0) is 17.7. The van der Waals surface area contributed by atoms with Crippen LogP contribution in [-0.4, -0.2) is 20.9 Å². The molecule has 1 N–H and O–H groups in total. The van der Waals surface area contributed by atoms with Gasteiger partial charge in [-0.2, -0.15) is 10.4 Å². The minimum absolute atomic E-state index is 0.136. The van der Waals surface area contributed by atoms with Crippen LogP contribution in [-0.2, 0) is 10.5 Å². The molecule has 24 heavy (non-hydrogen) atoms. The summed E-state index contributed by atoms with van der Waals surface area (Å²) in [5.41, 5.74) is 1.02. The number of rotatable bonds is 6. The van der Waals surface area contributed by atoms with Crippen molar-refractivity contribution < 1.29 is 9.18 Å². The van der Waals surface area contributed by atoms with Crippen LogP contribution in [0.5, 0.6) is 0 Å². The molecule has 126 valence electrons. The highest BCUT2D eigenvalue weighted by atomic mass is 32.2. The largest absolute Gasteiger partial charge is 0.310 e. The third-order valence-corrected chi connectivity index (χ3v) is 4.65. The topological polar surface area (TPSA) is 70.7 Å². The monoisotopic (exact) mass is 346 g/mol. The lowest BCUT2D eigenvalue weighted by Crippen LogP contribution is -2.24. The molecule has 0 radical (unpaired) electrons. The lowest BCUT2D eigenvalue weighted by molar-refractivity contribution is -0.115. The van der Waals surface area contributed by atoms with Gasteiger partial charge in [0, 0.05) is 17.9 Å². The zero-order valence-electron chi connectivity index (χ0n) is 13.8. The van der Waals surface area contributed by atoms with Crippen molar-refractivity contribution in [3.05, 3.63) is 47.4 Å². The number of hydrogen-bond acceptors (Lipinski definition) is 4. The van der Waals surface area contributed by atoms with E-state index in [1.54, 1.807) is 29.9 Å². The smallest absolute Gasteiger partial charge is 0.238 e. The molecule has 0 aliphatic heterocycles. The summed E-state index contributed by atoms with van der Waals surface area (Å²) >= 11 is 1.39. The number of thioether (sulfide) groups is 1. The van der Waals surface area contributed by atoms with Crippen LogP contribution in [0, 0.1) is 17.1 Å². The molecular weight excluding hydrogens is 327 g/mol. The summed E-state index contributed by atoms with van der Waals surface area (Å²) in [6.07, 6.45) is 1.64. The number of anilines is 1. The maximum Gasteiger partial charge on any atom is 0.238 e. The highest BCUT2D eigenvalue weighted by molar-refractivity contribution is 7.99. The molecule has 0 fully saturated rings. The number of halogens is 1. The molecular formula is C17H19FN4OS. The van der Waals surface area contributed by atoms with E-state index >= 15 is 0 Å². The highest BCUT2D eigenvalue weighted by Crippen LogP contribution is 2.22. The van der Waals surface area contributed by atoms with Gasteiger partial charge < -0.3 is 5.32 Å². The summed E-state index contributed by atoms with van der Waals surface area (Å²) in [6.45, 7) is 5.77. The molecule has 0 aliphatic carbocycles. The number of hydrogen-bond donors (Lipinski definition) is 1. The van der Waals surface area contributed by atoms with Crippen molar-refractivity contribution in [2.45, 2.75) is 37.8 Å². The third kappa shape index (κ3) is 4.36. The minimum Gasteiger partial charge on any atom is -0.310 e. The molecule has 0 saturated heterocycles. The van der Waals surface area contributed by atoms with E-state index in [1.807, 2.05) is 19.9 Å². The molecule has 2 rings (SSSR count). The number of aromatic nitrogens is 2. The van der Waals surface area contributed by atoms with Gasteiger partial charge in [-0.15, -0.1) is 11.8 Å². The first-order valence-corrected chi connectivity index (χ1v) is 8.61. The fourth-order valence-electron chi connectivity index (χ4n) is 2.12. The van der Waals surface area contributed by atoms with Crippen LogP contribution in [0.4, 0.5) is 10.2 Å². The van der Waals surface area contributed by atoms with Gasteiger partial charge in [0.1, 0.15) is 11.6 Å². The van der Waals surface area contributed by atoms with Crippen molar-refractivity contribution in [1.29, 1.82) is 5.26 Å². The van der Waals surface area contributed by atoms with Gasteiger partial charge in [0.25, 0.3) is 0 Å². The van der Waals surface area contributed by atoms with Crippen LogP contribution in [0.25, 0.3) is 0 Å². The van der Waals surface area contributed by atoms with Gasteiger partial charge in [-0.1, -0.05) is 6.07 Å². The molecule has 0 unspecified atom stereocenters. The first-order valence-electron chi connectivity index (χ1n) is 7.57. The fourth-order valence-corrected chi connectivity index (χ4v) is 3.01. The summed E-state index contributed by atoms with van der Waals surface area (Å²) in [5, 5.41) is 15.8. The first kappa shape index (κ1) is 18.0. The summed E-state index contributed by atoms with van der Waals surface area (Å²) < 4.78 is 14.9. The number of carbonyl (C=O) groups excluding carboxylic acids is 1. The van der Waals surface area contributed by atoms with Crippen molar-refractivity contribution in [2.24, 2.45) is 0 Å². The number of benzene rings is 1. The standard InChI is InChI=1S/C17H19FN4OS/c1-11(2)22-16(6-7-20-22)21-17(23)12(3)24-10-13-4-5-15(18)8-14(13)9-19/h4-8,11-12H,10H2,1-3H3,(H,21,23)/t12-/m1/s1. The van der Waals surface area contributed by atoms with E-state index in [2.05, 4.69) is 10.4 Å². The molecule has 1 amide bonds. The summed E-state index contributed by atoms with van der Waals surface area (Å²) in [4.78, 5) is 12.3. The predicted molar refractivity (Wildman–Crippen MR) is 93.1 cm³/mol. The molecule has 5 nitrogen and oxygen atoms in total. The van der Waals surface area contributed by atoms with Crippen molar-refractivity contribution in [2.75, 3.05) is 5.32 Å². The van der Waals surface area contributed by atoms with E-state index in [0.29, 0.717) is 17.1 Å². The Labute approximate surface area is 144 Å². The van der Waals surface area contributed by atoms with Crippen molar-refractivity contribution in [3.63, 3.8) is 0 Å². The van der Waals surface area contributed by atoms with Crippen molar-refractivity contribution in [1.82, 2.24) is 9.78 Å². The Morgan fingerprint density at radius 3 is 2.83 bits per heavy atom.